The van der Waals surface area contributed by atoms with Gasteiger partial charge in [-0.3, -0.25) is 9.36 Å². The van der Waals surface area contributed by atoms with Crippen molar-refractivity contribution in [2.24, 2.45) is 0 Å². The number of fused-ring (bicyclic) bond motifs is 1. The minimum Gasteiger partial charge on any atom is -0.379 e. The molecule has 2 heterocycles. The monoisotopic (exact) mass is 408 g/mol. The molecule has 0 amide bonds. The van der Waals surface area contributed by atoms with Gasteiger partial charge in [-0.05, 0) is 45.4 Å². The van der Waals surface area contributed by atoms with E-state index in [9.17, 15) is 4.79 Å². The molecule has 0 spiro atoms. The van der Waals surface area contributed by atoms with Crippen LogP contribution in [-0.4, -0.2) is 32.4 Å². The molecule has 1 aromatic carbocycles. The van der Waals surface area contributed by atoms with E-state index >= 15 is 0 Å². The first-order valence-electron chi connectivity index (χ1n) is 8.67. The fraction of sp³-hybridized carbons (Fsp3) is 0.444. The molecule has 3 aromatic rings. The van der Waals surface area contributed by atoms with Crippen LogP contribution in [0.2, 0.25) is 5.02 Å². The highest BCUT2D eigenvalue weighted by molar-refractivity contribution is 7.98. The summed E-state index contributed by atoms with van der Waals surface area (Å²) in [5.74, 6) is 1.50. The van der Waals surface area contributed by atoms with E-state index in [4.69, 9.17) is 20.9 Å². The number of rotatable bonds is 8. The normalized spacial score (nSPS) is 11.6. The number of halogens is 1. The Bertz CT molecular complexity index is 986. The molecular formula is C18H21ClN4O3S. The molecule has 0 unspecified atom stereocenters. The molecule has 0 atom stereocenters. The van der Waals surface area contributed by atoms with E-state index in [1.807, 2.05) is 13.8 Å². The second-order valence-corrected chi connectivity index (χ2v) is 7.69. The van der Waals surface area contributed by atoms with E-state index in [0.717, 1.165) is 0 Å². The van der Waals surface area contributed by atoms with Crippen LogP contribution in [0.3, 0.4) is 0 Å². The van der Waals surface area contributed by atoms with Crippen LogP contribution in [0.1, 0.15) is 32.0 Å². The standard InChI is InChI=1S/C18H21ClN4O3S/c1-11(2)25-8-4-7-23-17(24)14-6-5-13(19)9-15(14)21-18(23)27-10-16-20-12(3)22-26-16/h5-6,9,11H,4,7-8,10H2,1-3H3. The van der Waals surface area contributed by atoms with Gasteiger partial charge in [-0.2, -0.15) is 4.98 Å². The van der Waals surface area contributed by atoms with Crippen molar-refractivity contribution >= 4 is 34.3 Å². The lowest BCUT2D eigenvalue weighted by Crippen LogP contribution is -2.24. The number of hydrogen-bond acceptors (Lipinski definition) is 7. The van der Waals surface area contributed by atoms with Gasteiger partial charge in [0.15, 0.2) is 11.0 Å². The smallest absolute Gasteiger partial charge is 0.262 e. The number of aromatic nitrogens is 4. The highest BCUT2D eigenvalue weighted by Gasteiger charge is 2.14. The molecule has 0 aliphatic heterocycles. The van der Waals surface area contributed by atoms with E-state index in [-0.39, 0.29) is 11.7 Å². The Morgan fingerprint density at radius 1 is 1.33 bits per heavy atom. The molecular weight excluding hydrogens is 388 g/mol. The molecule has 0 bridgehead atoms. The zero-order valence-corrected chi connectivity index (χ0v) is 17.0. The number of ether oxygens (including phenoxy) is 1. The molecule has 0 fully saturated rings. The van der Waals surface area contributed by atoms with Crippen molar-refractivity contribution in [3.63, 3.8) is 0 Å². The first-order chi connectivity index (χ1) is 12.9. The average molecular weight is 409 g/mol. The van der Waals surface area contributed by atoms with Gasteiger partial charge < -0.3 is 9.26 Å². The molecule has 0 radical (unpaired) electrons. The molecule has 9 heteroatoms. The van der Waals surface area contributed by atoms with Gasteiger partial charge in [0.1, 0.15) is 0 Å². The summed E-state index contributed by atoms with van der Waals surface area (Å²) in [7, 11) is 0. The van der Waals surface area contributed by atoms with Gasteiger partial charge in [0.25, 0.3) is 5.56 Å². The van der Waals surface area contributed by atoms with Gasteiger partial charge >= 0.3 is 0 Å². The first kappa shape index (κ1) is 19.9. The Morgan fingerprint density at radius 2 is 2.15 bits per heavy atom. The predicted molar refractivity (Wildman–Crippen MR) is 105 cm³/mol. The Labute approximate surface area is 166 Å². The minimum atomic E-state index is -0.0922. The lowest BCUT2D eigenvalue weighted by molar-refractivity contribution is 0.0743. The number of hydrogen-bond donors (Lipinski definition) is 0. The summed E-state index contributed by atoms with van der Waals surface area (Å²) in [4.78, 5) is 21.8. The van der Waals surface area contributed by atoms with E-state index in [0.29, 0.717) is 58.1 Å². The van der Waals surface area contributed by atoms with Crippen LogP contribution < -0.4 is 5.56 Å². The largest absolute Gasteiger partial charge is 0.379 e. The molecule has 0 aliphatic carbocycles. The maximum Gasteiger partial charge on any atom is 0.262 e. The zero-order chi connectivity index (χ0) is 19.4. The topological polar surface area (TPSA) is 83.0 Å². The average Bonchev–Trinajstić information content (AvgIpc) is 3.03. The van der Waals surface area contributed by atoms with Crippen molar-refractivity contribution in [2.45, 2.75) is 50.8 Å². The highest BCUT2D eigenvalue weighted by atomic mass is 35.5. The van der Waals surface area contributed by atoms with Crippen molar-refractivity contribution in [1.29, 1.82) is 0 Å². The van der Waals surface area contributed by atoms with E-state index in [1.54, 1.807) is 29.7 Å². The van der Waals surface area contributed by atoms with Crippen molar-refractivity contribution in [2.75, 3.05) is 6.61 Å². The molecule has 3 rings (SSSR count). The highest BCUT2D eigenvalue weighted by Crippen LogP contribution is 2.23. The molecule has 0 saturated heterocycles. The Balaban J connectivity index is 1.89. The first-order valence-corrected chi connectivity index (χ1v) is 10.0. The third kappa shape index (κ3) is 5.09. The summed E-state index contributed by atoms with van der Waals surface area (Å²) in [6.07, 6.45) is 0.875. The molecule has 0 aliphatic rings. The van der Waals surface area contributed by atoms with Crippen LogP contribution in [0.25, 0.3) is 10.9 Å². The lowest BCUT2D eigenvalue weighted by Gasteiger charge is -2.13. The second-order valence-electron chi connectivity index (χ2n) is 6.31. The van der Waals surface area contributed by atoms with Gasteiger partial charge in [0.2, 0.25) is 5.89 Å². The van der Waals surface area contributed by atoms with Crippen LogP contribution in [0.5, 0.6) is 0 Å². The van der Waals surface area contributed by atoms with E-state index < -0.39 is 0 Å². The SMILES string of the molecule is Cc1noc(CSc2nc3cc(Cl)ccc3c(=O)n2CCCOC(C)C)n1. The summed E-state index contributed by atoms with van der Waals surface area (Å²) >= 11 is 7.45. The number of benzene rings is 1. The van der Waals surface area contributed by atoms with E-state index in [2.05, 4.69) is 15.1 Å². The van der Waals surface area contributed by atoms with Gasteiger partial charge in [-0.25, -0.2) is 4.98 Å². The van der Waals surface area contributed by atoms with Crippen LogP contribution in [0, 0.1) is 6.92 Å². The summed E-state index contributed by atoms with van der Waals surface area (Å²) in [5.41, 5.74) is 0.483. The number of nitrogens with zero attached hydrogens (tertiary/aromatic N) is 4. The molecule has 7 nitrogen and oxygen atoms in total. The summed E-state index contributed by atoms with van der Waals surface area (Å²) in [6, 6.07) is 5.11. The maximum atomic E-state index is 13.0. The maximum absolute atomic E-state index is 13.0. The molecule has 144 valence electrons. The second kappa shape index (κ2) is 8.86. The van der Waals surface area contributed by atoms with Crippen LogP contribution >= 0.6 is 23.4 Å². The Kier molecular flexibility index (Phi) is 6.51. The number of aryl methyl sites for hydroxylation is 1. The predicted octanol–water partition coefficient (Wildman–Crippen LogP) is 3.85. The van der Waals surface area contributed by atoms with Crippen molar-refractivity contribution in [3.05, 3.63) is 45.3 Å². The van der Waals surface area contributed by atoms with Crippen molar-refractivity contribution < 1.29 is 9.26 Å². The van der Waals surface area contributed by atoms with Crippen LogP contribution in [-0.2, 0) is 17.0 Å². The van der Waals surface area contributed by atoms with Gasteiger partial charge in [-0.1, -0.05) is 28.5 Å². The summed E-state index contributed by atoms with van der Waals surface area (Å²) in [5, 5.41) is 5.46. The molecule has 0 N–H and O–H groups in total. The number of thioether (sulfide) groups is 1. The van der Waals surface area contributed by atoms with E-state index in [1.165, 1.54) is 11.8 Å². The minimum absolute atomic E-state index is 0.0922. The van der Waals surface area contributed by atoms with Crippen molar-refractivity contribution in [3.8, 4) is 0 Å². The van der Waals surface area contributed by atoms with Crippen LogP contribution in [0.4, 0.5) is 0 Å². The fourth-order valence-electron chi connectivity index (χ4n) is 2.55. The van der Waals surface area contributed by atoms with Crippen LogP contribution in [0.15, 0.2) is 32.7 Å². The molecule has 0 saturated carbocycles. The zero-order valence-electron chi connectivity index (χ0n) is 15.4. The van der Waals surface area contributed by atoms with Gasteiger partial charge in [0.05, 0.1) is 22.8 Å². The van der Waals surface area contributed by atoms with Gasteiger partial charge in [0, 0.05) is 18.2 Å². The lowest BCUT2D eigenvalue weighted by atomic mass is 10.2. The Hall–Kier alpha value is -1.90. The van der Waals surface area contributed by atoms with Crippen molar-refractivity contribution in [1.82, 2.24) is 19.7 Å². The summed E-state index contributed by atoms with van der Waals surface area (Å²) < 4.78 is 12.4. The third-order valence-corrected chi connectivity index (χ3v) is 4.95. The molecule has 2 aromatic heterocycles. The fourth-order valence-corrected chi connectivity index (χ4v) is 3.58. The van der Waals surface area contributed by atoms with Gasteiger partial charge in [-0.15, -0.1) is 0 Å². The third-order valence-electron chi connectivity index (χ3n) is 3.75. The quantitative estimate of drug-likeness (QED) is 0.318. The summed E-state index contributed by atoms with van der Waals surface area (Å²) in [6.45, 7) is 6.83. The Morgan fingerprint density at radius 3 is 2.85 bits per heavy atom. The molecule has 27 heavy (non-hydrogen) atoms.